The van der Waals surface area contributed by atoms with Gasteiger partial charge in [0.1, 0.15) is 0 Å². The zero-order chi connectivity index (χ0) is 6.78. The van der Waals surface area contributed by atoms with Gasteiger partial charge in [0.15, 0.2) is 0 Å². The molecule has 0 aromatic rings. The summed E-state index contributed by atoms with van der Waals surface area (Å²) in [5, 5.41) is 4.56. The molecule has 0 unspecified atom stereocenters. The Morgan fingerprint density at radius 1 is 1.62 bits per heavy atom. The number of hydrogen-bond acceptors (Lipinski definition) is 3. The molecule has 0 aromatic carbocycles. The van der Waals surface area contributed by atoms with Crippen molar-refractivity contribution < 1.29 is 13.3 Å². The average molecular weight is 140 g/mol. The molecule has 0 aliphatic carbocycles. The van der Waals surface area contributed by atoms with Crippen LogP contribution < -0.4 is 5.14 Å². The molecule has 6 heteroatoms. The minimum Gasteiger partial charge on any atom is -0.287 e. The minimum absolute atomic E-state index is 0.562. The highest BCUT2D eigenvalue weighted by molar-refractivity contribution is 7.86. The van der Waals surface area contributed by atoms with Crippen molar-refractivity contribution in [2.75, 3.05) is 14.2 Å². The molecule has 0 bridgehead atoms. The lowest BCUT2D eigenvalue weighted by Gasteiger charge is -2.07. The molecule has 0 fully saturated rings. The third-order valence-electron chi connectivity index (χ3n) is 0.615. The Labute approximate surface area is 48.2 Å². The Balaban J connectivity index is 4.04. The molecular formula is C2H8N2O3S. The number of rotatable bonds is 2. The van der Waals surface area contributed by atoms with E-state index < -0.39 is 10.2 Å². The van der Waals surface area contributed by atoms with E-state index in [9.17, 15) is 8.42 Å². The van der Waals surface area contributed by atoms with Crippen molar-refractivity contribution >= 4 is 10.2 Å². The van der Waals surface area contributed by atoms with Crippen LogP contribution in [0.3, 0.4) is 0 Å². The predicted octanol–water partition coefficient (Wildman–Crippen LogP) is -1.32. The van der Waals surface area contributed by atoms with Crippen molar-refractivity contribution in [3.05, 3.63) is 0 Å². The maximum atomic E-state index is 10.1. The largest absolute Gasteiger partial charge is 0.298 e. The van der Waals surface area contributed by atoms with Gasteiger partial charge in [-0.2, -0.15) is 8.42 Å². The lowest BCUT2D eigenvalue weighted by atomic mass is 11.5. The molecule has 0 aliphatic heterocycles. The molecular weight excluding hydrogens is 132 g/mol. The smallest absolute Gasteiger partial charge is 0.287 e. The first-order valence-corrected chi connectivity index (χ1v) is 3.29. The summed E-state index contributed by atoms with van der Waals surface area (Å²) in [6.45, 7) is 0. The third kappa shape index (κ3) is 2.22. The molecule has 0 radical (unpaired) electrons. The van der Waals surface area contributed by atoms with Crippen LogP contribution in [0.5, 0.6) is 0 Å². The van der Waals surface area contributed by atoms with Crippen molar-refractivity contribution in [1.29, 1.82) is 0 Å². The highest BCUT2D eigenvalue weighted by atomic mass is 32.2. The number of nitrogens with two attached hydrogens (primary N) is 1. The molecule has 0 saturated heterocycles. The van der Waals surface area contributed by atoms with Gasteiger partial charge in [-0.15, -0.1) is 0 Å². The second-order valence-electron chi connectivity index (χ2n) is 1.14. The van der Waals surface area contributed by atoms with Crippen LogP contribution in [0.2, 0.25) is 0 Å². The molecule has 0 saturated carbocycles. The topological polar surface area (TPSA) is 72.6 Å². The van der Waals surface area contributed by atoms with E-state index in [1.54, 1.807) is 0 Å². The van der Waals surface area contributed by atoms with Gasteiger partial charge in [-0.3, -0.25) is 4.84 Å². The van der Waals surface area contributed by atoms with Gasteiger partial charge in [0, 0.05) is 7.05 Å². The lowest BCUT2D eigenvalue weighted by Crippen LogP contribution is -2.32. The maximum absolute atomic E-state index is 10.1. The molecule has 2 N–H and O–H groups in total. The second kappa shape index (κ2) is 2.40. The van der Waals surface area contributed by atoms with Crippen molar-refractivity contribution in [2.45, 2.75) is 0 Å². The quantitative estimate of drug-likeness (QED) is 0.484. The predicted molar refractivity (Wildman–Crippen MR) is 27.9 cm³/mol. The summed E-state index contributed by atoms with van der Waals surface area (Å²) in [5.41, 5.74) is 0. The Hall–Kier alpha value is -0.170. The fraction of sp³-hybridized carbons (Fsp3) is 1.00. The molecule has 0 atom stereocenters. The highest BCUT2D eigenvalue weighted by Crippen LogP contribution is 1.84. The van der Waals surface area contributed by atoms with E-state index in [0.717, 1.165) is 0 Å². The Morgan fingerprint density at radius 3 is 2.00 bits per heavy atom. The van der Waals surface area contributed by atoms with Gasteiger partial charge in [0.05, 0.1) is 7.11 Å². The monoisotopic (exact) mass is 140 g/mol. The first kappa shape index (κ1) is 7.83. The van der Waals surface area contributed by atoms with Gasteiger partial charge >= 0.3 is 0 Å². The van der Waals surface area contributed by atoms with Crippen molar-refractivity contribution in [3.63, 3.8) is 0 Å². The number of hydroxylamine groups is 1. The van der Waals surface area contributed by atoms with E-state index >= 15 is 0 Å². The zero-order valence-electron chi connectivity index (χ0n) is 4.66. The van der Waals surface area contributed by atoms with Gasteiger partial charge < -0.3 is 0 Å². The third-order valence-corrected chi connectivity index (χ3v) is 1.48. The number of nitrogens with zero attached hydrogens (tertiary/aromatic N) is 1. The Morgan fingerprint density at radius 2 is 2.00 bits per heavy atom. The maximum Gasteiger partial charge on any atom is 0.298 e. The van der Waals surface area contributed by atoms with E-state index in [-0.39, 0.29) is 0 Å². The van der Waals surface area contributed by atoms with E-state index in [2.05, 4.69) is 9.98 Å². The van der Waals surface area contributed by atoms with Crippen LogP contribution in [0.4, 0.5) is 0 Å². The standard InChI is InChI=1S/C2H8N2O3S/c1-4(7-2)8(3,5)6/h1-2H3,(H2,3,5,6). The summed E-state index contributed by atoms with van der Waals surface area (Å²) in [4.78, 5) is 4.23. The Bertz CT molecular complexity index is 151. The minimum atomic E-state index is -3.64. The molecule has 50 valence electrons. The normalized spacial score (nSPS) is 12.5. The van der Waals surface area contributed by atoms with Gasteiger partial charge in [0.25, 0.3) is 10.2 Å². The van der Waals surface area contributed by atoms with Crippen LogP contribution in [0.15, 0.2) is 0 Å². The fourth-order valence-electron chi connectivity index (χ4n) is 0.104. The van der Waals surface area contributed by atoms with Gasteiger partial charge in [-0.05, 0) is 0 Å². The lowest BCUT2D eigenvalue weighted by molar-refractivity contribution is -0.0258. The molecule has 0 aromatic heterocycles. The van der Waals surface area contributed by atoms with Crippen LogP contribution in [0.25, 0.3) is 0 Å². The van der Waals surface area contributed by atoms with E-state index in [0.29, 0.717) is 4.47 Å². The summed E-state index contributed by atoms with van der Waals surface area (Å²) >= 11 is 0. The van der Waals surface area contributed by atoms with Gasteiger partial charge in [0.2, 0.25) is 0 Å². The number of hydrogen-bond donors (Lipinski definition) is 1. The van der Waals surface area contributed by atoms with Crippen LogP contribution in [0, 0.1) is 0 Å². The summed E-state index contributed by atoms with van der Waals surface area (Å²) in [5.74, 6) is 0. The van der Waals surface area contributed by atoms with E-state index in [1.807, 2.05) is 0 Å². The molecule has 0 amide bonds. The first-order chi connectivity index (χ1) is 3.48. The highest BCUT2D eigenvalue weighted by Gasteiger charge is 2.08. The summed E-state index contributed by atoms with van der Waals surface area (Å²) in [6.07, 6.45) is 0. The molecule has 0 spiro atoms. The summed E-state index contributed by atoms with van der Waals surface area (Å²) < 4.78 is 20.8. The summed E-state index contributed by atoms with van der Waals surface area (Å²) in [7, 11) is -1.23. The molecule has 0 rings (SSSR count). The van der Waals surface area contributed by atoms with E-state index in [1.165, 1.54) is 14.2 Å². The van der Waals surface area contributed by atoms with Gasteiger partial charge in [-0.1, -0.05) is 4.47 Å². The first-order valence-electron chi connectivity index (χ1n) is 1.79. The van der Waals surface area contributed by atoms with Crippen LogP contribution in [-0.2, 0) is 15.0 Å². The second-order valence-corrected chi connectivity index (χ2v) is 2.68. The van der Waals surface area contributed by atoms with E-state index in [4.69, 9.17) is 0 Å². The van der Waals surface area contributed by atoms with Crippen LogP contribution >= 0.6 is 0 Å². The average Bonchev–Trinajstić information content (AvgIpc) is 1.62. The fourth-order valence-corrected chi connectivity index (χ4v) is 0.312. The van der Waals surface area contributed by atoms with Crippen molar-refractivity contribution in [1.82, 2.24) is 4.47 Å². The van der Waals surface area contributed by atoms with Crippen molar-refractivity contribution in [3.8, 4) is 0 Å². The SMILES string of the molecule is CON(C)S(N)(=O)=O. The van der Waals surface area contributed by atoms with Gasteiger partial charge in [-0.25, -0.2) is 5.14 Å². The summed E-state index contributed by atoms with van der Waals surface area (Å²) in [6, 6.07) is 0. The van der Waals surface area contributed by atoms with Crippen molar-refractivity contribution in [2.24, 2.45) is 5.14 Å². The van der Waals surface area contributed by atoms with Crippen LogP contribution in [-0.4, -0.2) is 27.0 Å². The molecule has 8 heavy (non-hydrogen) atoms. The molecule has 0 aliphatic rings. The Kier molecular flexibility index (Phi) is 2.35. The molecule has 5 nitrogen and oxygen atoms in total. The zero-order valence-corrected chi connectivity index (χ0v) is 5.47. The molecule has 0 heterocycles. The van der Waals surface area contributed by atoms with Crippen LogP contribution in [0.1, 0.15) is 0 Å².